The molecule has 0 N–H and O–H groups in total. The lowest BCUT2D eigenvalue weighted by molar-refractivity contribution is 0.590. The van der Waals surface area contributed by atoms with Crippen LogP contribution in [-0.2, 0) is 5.41 Å². The molecule has 4 aromatic heterocycles. The molecular weight excluding hydrogens is 1400 g/mol. The first-order valence-corrected chi connectivity index (χ1v) is 40.0. The van der Waals surface area contributed by atoms with Crippen molar-refractivity contribution in [1.82, 2.24) is 9.13 Å². The molecule has 2 aliphatic rings. The van der Waals surface area contributed by atoms with Gasteiger partial charge in [0.1, 0.15) is 0 Å². The molecular formula is C106H71BN4S2. The second-order valence-electron chi connectivity index (χ2n) is 30.7. The molecule has 7 heteroatoms. The first-order chi connectivity index (χ1) is 59.4. The van der Waals surface area contributed by atoms with E-state index < -0.39 is 24.8 Å². The van der Waals surface area contributed by atoms with Crippen molar-refractivity contribution in [1.29, 1.82) is 0 Å². The van der Waals surface area contributed by atoms with Crippen LogP contribution in [0.25, 0.3) is 162 Å². The average molecular weight is 1480 g/mol. The fourth-order valence-electron chi connectivity index (χ4n) is 18.5. The zero-order chi connectivity index (χ0) is 82.6. The second kappa shape index (κ2) is 25.5. The van der Waals surface area contributed by atoms with Gasteiger partial charge in [0.2, 0.25) is 0 Å². The van der Waals surface area contributed by atoms with E-state index in [1.807, 2.05) is 23.5 Å². The van der Waals surface area contributed by atoms with E-state index >= 15 is 0 Å². The van der Waals surface area contributed by atoms with Gasteiger partial charge in [0, 0.05) is 107 Å². The van der Waals surface area contributed by atoms with Crippen LogP contribution in [0.4, 0.5) is 34.1 Å². The lowest BCUT2D eigenvalue weighted by Crippen LogP contribution is -2.61. The highest BCUT2D eigenvalue weighted by atomic mass is 32.1. The number of aromatic nitrogens is 2. The molecule has 0 radical (unpaired) electrons. The van der Waals surface area contributed by atoms with E-state index in [1.165, 1.54) is 37.1 Å². The molecule has 0 bridgehead atoms. The number of hydrogen-bond donors (Lipinski definition) is 0. The number of para-hydroxylation sites is 4. The van der Waals surface area contributed by atoms with E-state index in [0.29, 0.717) is 15.6 Å². The summed E-state index contributed by atoms with van der Waals surface area (Å²) in [5.41, 5.74) is 25.5. The van der Waals surface area contributed by atoms with Gasteiger partial charge in [-0.25, -0.2) is 0 Å². The van der Waals surface area contributed by atoms with Crippen molar-refractivity contribution in [3.8, 4) is 78.1 Å². The zero-order valence-corrected chi connectivity index (χ0v) is 63.4. The van der Waals surface area contributed by atoms with Crippen LogP contribution < -0.4 is 26.2 Å². The third-order valence-corrected chi connectivity index (χ3v) is 25.7. The molecule has 0 aliphatic carbocycles. The number of hydrogen-bond acceptors (Lipinski definition) is 4. The molecule has 4 nitrogen and oxygen atoms in total. The molecule has 23 rings (SSSR count). The van der Waals surface area contributed by atoms with Crippen molar-refractivity contribution < 1.29 is 12.3 Å². The Labute approximate surface area is 676 Å². The summed E-state index contributed by atoms with van der Waals surface area (Å²) < 4.78 is 91.9. The van der Waals surface area contributed by atoms with Gasteiger partial charge in [-0.15, -0.1) is 22.7 Å². The van der Waals surface area contributed by atoms with Crippen LogP contribution in [-0.4, -0.2) is 15.8 Å². The number of rotatable bonds is 10. The van der Waals surface area contributed by atoms with Crippen molar-refractivity contribution in [2.45, 2.75) is 26.2 Å². The number of thiophene rings is 2. The molecule has 0 atom stereocenters. The van der Waals surface area contributed by atoms with Gasteiger partial charge in [-0.2, -0.15) is 0 Å². The zero-order valence-electron chi connectivity index (χ0n) is 70.8. The molecule has 0 saturated carbocycles. The van der Waals surface area contributed by atoms with Gasteiger partial charge >= 0.3 is 0 Å². The second-order valence-corrected chi connectivity index (χ2v) is 32.9. The minimum Gasteiger partial charge on any atom is -0.311 e. The lowest BCUT2D eigenvalue weighted by Gasteiger charge is -2.45. The number of fused-ring (bicyclic) bond motifs is 16. The largest absolute Gasteiger partial charge is 0.311 e. The Hall–Kier alpha value is -13.6. The Balaban J connectivity index is 0.873. The third-order valence-electron chi connectivity index (χ3n) is 23.5. The summed E-state index contributed by atoms with van der Waals surface area (Å²) in [6.07, 6.45) is 0. The highest BCUT2D eigenvalue weighted by molar-refractivity contribution is 7.26. The third kappa shape index (κ3) is 10.2. The molecule has 113 heavy (non-hydrogen) atoms. The fourth-order valence-corrected chi connectivity index (χ4v) is 20.6. The Morgan fingerprint density at radius 2 is 0.779 bits per heavy atom. The fraction of sp³-hybridized carbons (Fsp3) is 0.0377. The predicted molar refractivity (Wildman–Crippen MR) is 486 cm³/mol. The van der Waals surface area contributed by atoms with Crippen molar-refractivity contribution in [3.63, 3.8) is 0 Å². The van der Waals surface area contributed by atoms with E-state index in [9.17, 15) is 8.22 Å². The Bertz CT molecular complexity index is 7950. The van der Waals surface area contributed by atoms with Gasteiger partial charge in [-0.3, -0.25) is 0 Å². The Morgan fingerprint density at radius 3 is 1.44 bits per heavy atom. The topological polar surface area (TPSA) is 16.3 Å². The van der Waals surface area contributed by atoms with Gasteiger partial charge in [-0.1, -0.05) is 281 Å². The quantitative estimate of drug-likeness (QED) is 0.127. The van der Waals surface area contributed by atoms with Crippen LogP contribution in [0.3, 0.4) is 0 Å². The van der Waals surface area contributed by atoms with E-state index in [1.54, 1.807) is 0 Å². The van der Waals surface area contributed by atoms with E-state index in [0.717, 1.165) is 171 Å². The van der Waals surface area contributed by atoms with Gasteiger partial charge in [0.25, 0.3) is 6.71 Å². The van der Waals surface area contributed by atoms with Crippen molar-refractivity contribution in [2.75, 3.05) is 9.80 Å². The lowest BCUT2D eigenvalue weighted by atomic mass is 9.33. The van der Waals surface area contributed by atoms with Crippen molar-refractivity contribution in [2.24, 2.45) is 0 Å². The van der Waals surface area contributed by atoms with Crippen LogP contribution in [0.5, 0.6) is 0 Å². The monoisotopic (exact) mass is 1480 g/mol. The summed E-state index contributed by atoms with van der Waals surface area (Å²) in [6.45, 7) is 6.20. The van der Waals surface area contributed by atoms with Crippen LogP contribution in [0.2, 0.25) is 0 Å². The van der Waals surface area contributed by atoms with Gasteiger partial charge < -0.3 is 18.9 Å². The van der Waals surface area contributed by atoms with Crippen LogP contribution in [0, 0.1) is 0 Å². The van der Waals surface area contributed by atoms with Crippen LogP contribution >= 0.6 is 22.7 Å². The molecule has 530 valence electrons. The minimum atomic E-state index is -0.556. The minimum absolute atomic E-state index is 0.0643. The molecule has 21 aromatic rings. The van der Waals surface area contributed by atoms with Crippen LogP contribution in [0.15, 0.2) is 376 Å². The summed E-state index contributed by atoms with van der Waals surface area (Å²) in [6, 6.07) is 113. The normalized spacial score (nSPS) is 13.8. The summed E-state index contributed by atoms with van der Waals surface area (Å²) in [4.78, 5) is 4.82. The first-order valence-electron chi connectivity index (χ1n) is 42.9. The Morgan fingerprint density at radius 1 is 0.283 bits per heavy atom. The summed E-state index contributed by atoms with van der Waals surface area (Å²) in [5, 5.41) is 8.06. The van der Waals surface area contributed by atoms with Gasteiger partial charge in [0.05, 0.1) is 45.8 Å². The predicted octanol–water partition coefficient (Wildman–Crippen LogP) is 28.0. The van der Waals surface area contributed by atoms with E-state index in [-0.39, 0.29) is 47.2 Å². The highest BCUT2D eigenvalue weighted by Crippen LogP contribution is 2.53. The molecule has 0 saturated heterocycles. The maximum absolute atomic E-state index is 9.71. The number of anilines is 6. The summed E-state index contributed by atoms with van der Waals surface area (Å²) >= 11 is 3.19. The SMILES string of the molecule is [2H]c1c([2H])c([2H])c(-c2ccc3c(c2)N(c2ccc(-c4ccccc4)cc2)c2cc(-c4c(-c5ccc6sc7c([2H])c([2H])c([2H])c([2H])c7c6c5)cccc4-n4c5ccccc5c5ccccc54)cc4c2B3c2cc(-c3c(-c5cccc6sc7ccccc7c56)cccc3-n3c5ccccc5c5ccccc53)ccc2N4c2ccc(C(C)(C)C)cc2)c([2H])c1[2H]. The van der Waals surface area contributed by atoms with E-state index in [4.69, 9.17) is 4.11 Å². The molecule has 6 heterocycles. The van der Waals surface area contributed by atoms with Gasteiger partial charge in [-0.05, 0) is 198 Å². The molecule has 0 unspecified atom stereocenters. The summed E-state index contributed by atoms with van der Waals surface area (Å²) in [5.74, 6) is 0. The number of nitrogens with zero attached hydrogens (tertiary/aromatic N) is 4. The smallest absolute Gasteiger partial charge is 0.252 e. The van der Waals surface area contributed by atoms with Crippen LogP contribution in [0.1, 0.15) is 38.7 Å². The van der Waals surface area contributed by atoms with Crippen molar-refractivity contribution in [3.05, 3.63) is 381 Å². The standard InChI is InChI=1S/C106H71BN4S2/c1-106(2,3)73-52-56-75(57-53-73)108-92-59-50-71(102-82(83-37-24-46-101-104(83)84-34-15-21-45-99(84)113-101)36-23-43-93(102)110-88-38-16-10-29-77(88)78-30-11-17-39-89(78)110)62-87(92)107-86-58-49-69(67-27-8-5-9-28-67)63-95(86)109(74-54-47-68(48-55-74)66-25-6-4-7-26-66)97-65-72(64-96(108)105(97)107)103-76(70-51-60-100-85(61-70)81-33-14-20-44-98(81)112-100)35-22-42-94(103)111-90-40-18-12-31-79(90)80-32-13-19-41-91(80)111/h4-65H,1-3H3/i5D,8D,9D,14D,20D,27D,28D,33D,44D. The maximum Gasteiger partial charge on any atom is 0.252 e. The first kappa shape index (κ1) is 56.6. The summed E-state index contributed by atoms with van der Waals surface area (Å²) in [7, 11) is 0. The van der Waals surface area contributed by atoms with Gasteiger partial charge in [0.15, 0.2) is 0 Å². The molecule has 0 amide bonds. The van der Waals surface area contributed by atoms with Crippen molar-refractivity contribution >= 4 is 164 Å². The molecule has 0 spiro atoms. The maximum atomic E-state index is 9.71. The number of benzene rings is 17. The van der Waals surface area contributed by atoms with E-state index in [2.05, 4.69) is 349 Å². The average Bonchev–Trinajstić information content (AvgIpc) is 0.828. The molecule has 0 fully saturated rings. The molecule has 17 aromatic carbocycles. The highest BCUT2D eigenvalue weighted by Gasteiger charge is 2.45. The Kier molecular flexibility index (Phi) is 12.8. The molecule has 2 aliphatic heterocycles.